The highest BCUT2D eigenvalue weighted by Gasteiger charge is 2.35. The Bertz CT molecular complexity index is 1420. The molecule has 1 aromatic heterocycles. The molecule has 4 heterocycles. The zero-order chi connectivity index (χ0) is 29.2. The van der Waals surface area contributed by atoms with Crippen LogP contribution in [0.25, 0.3) is 11.3 Å². The number of fused-ring (bicyclic) bond motifs is 1. The molecule has 0 aliphatic carbocycles. The number of carboxylic acids is 1. The minimum absolute atomic E-state index is 0.355. The molecule has 0 spiro atoms. The van der Waals surface area contributed by atoms with E-state index in [-0.39, 0.29) is 6.10 Å². The Morgan fingerprint density at radius 2 is 1.98 bits per heavy atom. The number of rotatable bonds is 8. The van der Waals surface area contributed by atoms with Crippen molar-refractivity contribution in [3.8, 4) is 17.0 Å². The average Bonchev–Trinajstić information content (AvgIpc) is 3.51. The Morgan fingerprint density at radius 1 is 1.14 bits per heavy atom. The summed E-state index contributed by atoms with van der Waals surface area (Å²) >= 11 is 1.58. The molecule has 0 bridgehead atoms. The molecule has 3 aliphatic heterocycles. The van der Waals surface area contributed by atoms with Crippen molar-refractivity contribution in [1.29, 1.82) is 0 Å². The number of carbonyl (C=O) groups is 1. The molecule has 2 aromatic carbocycles. The Balaban J connectivity index is 1.16. The van der Waals surface area contributed by atoms with Gasteiger partial charge in [0.25, 0.3) is 0 Å². The normalized spacial score (nSPS) is 21.7. The van der Waals surface area contributed by atoms with Gasteiger partial charge in [-0.25, -0.2) is 4.98 Å². The standard InChI is InChI=1S/C33H41N3O5S/c1-21-4-7-30(28(16-21)29-20-42-33(34-29)36-13-9-27(32(37)38)31(18-36)39-3)41-19-24-6-5-23-17-35(12-8-26(23)22(24)2)25-10-14-40-15-11-25/h4-7,16,20,25,27,31H,8-15,17-19H2,1-3H3,(H,37,38)/t27-,31+/m1/s1. The van der Waals surface area contributed by atoms with Crippen LogP contribution >= 0.6 is 11.3 Å². The van der Waals surface area contributed by atoms with Crippen LogP contribution in [0.2, 0.25) is 0 Å². The summed E-state index contributed by atoms with van der Waals surface area (Å²) in [6.07, 6.45) is 3.53. The number of nitrogens with zero attached hydrogens (tertiary/aromatic N) is 3. The zero-order valence-corrected chi connectivity index (χ0v) is 25.6. The van der Waals surface area contributed by atoms with E-state index >= 15 is 0 Å². The van der Waals surface area contributed by atoms with Crippen LogP contribution in [0.1, 0.15) is 47.1 Å². The van der Waals surface area contributed by atoms with E-state index in [2.05, 4.69) is 53.3 Å². The van der Waals surface area contributed by atoms with Crippen molar-refractivity contribution in [3.05, 3.63) is 63.5 Å². The van der Waals surface area contributed by atoms with Gasteiger partial charge in [-0.05, 0) is 73.9 Å². The van der Waals surface area contributed by atoms with E-state index in [4.69, 9.17) is 19.2 Å². The smallest absolute Gasteiger partial charge is 0.309 e. The summed E-state index contributed by atoms with van der Waals surface area (Å²) in [5.41, 5.74) is 8.50. The number of thiazole rings is 1. The van der Waals surface area contributed by atoms with Crippen LogP contribution in [0, 0.1) is 19.8 Å². The molecule has 9 heteroatoms. The van der Waals surface area contributed by atoms with Crippen LogP contribution in [0.5, 0.6) is 5.75 Å². The summed E-state index contributed by atoms with van der Waals surface area (Å²) in [4.78, 5) is 21.4. The summed E-state index contributed by atoms with van der Waals surface area (Å²) in [6, 6.07) is 11.4. The number of anilines is 1. The molecule has 3 aromatic rings. The molecule has 2 atom stereocenters. The van der Waals surface area contributed by atoms with Gasteiger partial charge in [-0.3, -0.25) is 9.69 Å². The highest BCUT2D eigenvalue weighted by atomic mass is 32.1. The Hall–Kier alpha value is -2.98. The number of aryl methyl sites for hydroxylation is 1. The highest BCUT2D eigenvalue weighted by molar-refractivity contribution is 7.14. The second-order valence-corrected chi connectivity index (χ2v) is 12.6. The highest BCUT2D eigenvalue weighted by Crippen LogP contribution is 2.37. The van der Waals surface area contributed by atoms with E-state index in [1.54, 1.807) is 18.4 Å². The molecule has 0 saturated carbocycles. The molecule has 2 saturated heterocycles. The van der Waals surface area contributed by atoms with Gasteiger partial charge in [0.1, 0.15) is 12.4 Å². The first kappa shape index (κ1) is 29.1. The van der Waals surface area contributed by atoms with E-state index in [9.17, 15) is 9.90 Å². The molecule has 0 radical (unpaired) electrons. The molecule has 1 N–H and O–H groups in total. The van der Waals surface area contributed by atoms with Crippen molar-refractivity contribution >= 4 is 22.4 Å². The number of hydrogen-bond donors (Lipinski definition) is 1. The van der Waals surface area contributed by atoms with Gasteiger partial charge in [0, 0.05) is 63.5 Å². The molecule has 3 aliphatic rings. The van der Waals surface area contributed by atoms with E-state index in [0.717, 1.165) is 73.3 Å². The predicted molar refractivity (Wildman–Crippen MR) is 165 cm³/mol. The second-order valence-electron chi connectivity index (χ2n) is 11.8. The number of hydrogen-bond acceptors (Lipinski definition) is 8. The van der Waals surface area contributed by atoms with Gasteiger partial charge in [-0.1, -0.05) is 23.8 Å². The monoisotopic (exact) mass is 591 g/mol. The fourth-order valence-electron chi connectivity index (χ4n) is 6.70. The van der Waals surface area contributed by atoms with Gasteiger partial charge in [0.2, 0.25) is 0 Å². The van der Waals surface area contributed by atoms with Gasteiger partial charge in [0.05, 0.1) is 17.7 Å². The van der Waals surface area contributed by atoms with Gasteiger partial charge < -0.3 is 24.2 Å². The van der Waals surface area contributed by atoms with Crippen molar-refractivity contribution in [2.24, 2.45) is 5.92 Å². The van der Waals surface area contributed by atoms with E-state index in [0.29, 0.717) is 32.2 Å². The van der Waals surface area contributed by atoms with E-state index in [1.807, 2.05) is 6.07 Å². The second kappa shape index (κ2) is 12.7. The SMILES string of the molecule is CO[C@H]1CN(c2nc(-c3cc(C)ccc3OCc3ccc4c(c3C)CCN(C3CCOCC3)C4)cs2)CC[C@H]1C(=O)O. The summed E-state index contributed by atoms with van der Waals surface area (Å²) in [6.45, 7) is 9.88. The number of aromatic nitrogens is 1. The van der Waals surface area contributed by atoms with Gasteiger partial charge >= 0.3 is 5.97 Å². The van der Waals surface area contributed by atoms with Crippen molar-refractivity contribution < 1.29 is 24.1 Å². The molecule has 2 fully saturated rings. The third-order valence-electron chi connectivity index (χ3n) is 9.27. The van der Waals surface area contributed by atoms with Crippen LogP contribution in [-0.2, 0) is 33.8 Å². The summed E-state index contributed by atoms with van der Waals surface area (Å²) in [5, 5.41) is 12.5. The maximum Gasteiger partial charge on any atom is 0.309 e. The van der Waals surface area contributed by atoms with Crippen LogP contribution < -0.4 is 9.64 Å². The Kier molecular flexibility index (Phi) is 8.81. The maximum absolute atomic E-state index is 11.6. The lowest BCUT2D eigenvalue weighted by atomic mass is 9.90. The van der Waals surface area contributed by atoms with Crippen molar-refractivity contribution in [1.82, 2.24) is 9.88 Å². The van der Waals surface area contributed by atoms with E-state index < -0.39 is 11.9 Å². The average molecular weight is 592 g/mol. The van der Waals surface area contributed by atoms with E-state index in [1.165, 1.54) is 22.3 Å². The number of piperidine rings is 1. The van der Waals surface area contributed by atoms with Gasteiger partial charge in [0.15, 0.2) is 5.13 Å². The quantitative estimate of drug-likeness (QED) is 0.369. The minimum Gasteiger partial charge on any atom is -0.488 e. The summed E-state index contributed by atoms with van der Waals surface area (Å²) in [5.74, 6) is -0.464. The molecular weight excluding hydrogens is 550 g/mol. The molecule has 8 nitrogen and oxygen atoms in total. The first-order valence-corrected chi connectivity index (χ1v) is 15.9. The summed E-state index contributed by atoms with van der Waals surface area (Å²) < 4.78 is 17.6. The molecule has 224 valence electrons. The number of aliphatic carboxylic acids is 1. The van der Waals surface area contributed by atoms with Gasteiger partial charge in [-0.2, -0.15) is 0 Å². The van der Waals surface area contributed by atoms with Gasteiger partial charge in [-0.15, -0.1) is 11.3 Å². The fourth-order valence-corrected chi connectivity index (χ4v) is 7.56. The lowest BCUT2D eigenvalue weighted by molar-refractivity contribution is -0.147. The van der Waals surface area contributed by atoms with Crippen LogP contribution in [0.15, 0.2) is 35.7 Å². The first-order valence-electron chi connectivity index (χ1n) is 15.0. The maximum atomic E-state index is 11.6. The third-order valence-corrected chi connectivity index (χ3v) is 10.2. The molecular formula is C33H41N3O5S. The fraction of sp³-hybridized carbons (Fsp3) is 0.515. The van der Waals surface area contributed by atoms with Crippen LogP contribution in [-0.4, -0.2) is 73.1 Å². The zero-order valence-electron chi connectivity index (χ0n) is 24.8. The van der Waals surface area contributed by atoms with Crippen LogP contribution in [0.3, 0.4) is 0 Å². The minimum atomic E-state index is -0.797. The molecule has 0 amide bonds. The lowest BCUT2D eigenvalue weighted by Crippen LogP contribution is -2.47. The topological polar surface area (TPSA) is 84.4 Å². The Morgan fingerprint density at radius 3 is 2.76 bits per heavy atom. The summed E-state index contributed by atoms with van der Waals surface area (Å²) in [7, 11) is 1.58. The number of methoxy groups -OCH3 is 1. The van der Waals surface area contributed by atoms with Crippen molar-refractivity contribution in [2.45, 2.75) is 64.8 Å². The molecule has 6 rings (SSSR count). The largest absolute Gasteiger partial charge is 0.488 e. The van der Waals surface area contributed by atoms with Crippen molar-refractivity contribution in [3.63, 3.8) is 0 Å². The molecule has 42 heavy (non-hydrogen) atoms. The third kappa shape index (κ3) is 6.06. The Labute approximate surface area is 252 Å². The number of carboxylic acid groups (broad SMARTS) is 1. The van der Waals surface area contributed by atoms with Crippen molar-refractivity contribution in [2.75, 3.05) is 44.9 Å². The number of benzene rings is 2. The molecule has 0 unspecified atom stereocenters. The first-order chi connectivity index (χ1) is 20.4. The number of ether oxygens (including phenoxy) is 3. The lowest BCUT2D eigenvalue weighted by Gasteiger charge is -2.38. The predicted octanol–water partition coefficient (Wildman–Crippen LogP) is 5.47. The van der Waals surface area contributed by atoms with Crippen LogP contribution in [0.4, 0.5) is 5.13 Å².